The molecule has 2 aromatic carbocycles. The second-order valence-corrected chi connectivity index (χ2v) is 8.83. The maximum absolute atomic E-state index is 14.2. The fourth-order valence-electron chi connectivity index (χ4n) is 3.75. The normalized spacial score (nSPS) is 17.1. The van der Waals surface area contributed by atoms with Gasteiger partial charge in [-0.15, -0.1) is 0 Å². The van der Waals surface area contributed by atoms with Crippen molar-refractivity contribution in [3.8, 4) is 0 Å². The number of halogens is 5. The average Bonchev–Trinajstić information content (AvgIpc) is 3.36. The minimum Gasteiger partial charge on any atom is -0.452 e. The molecule has 12 heteroatoms. The van der Waals surface area contributed by atoms with Gasteiger partial charge in [0.1, 0.15) is 0 Å². The van der Waals surface area contributed by atoms with Crippen LogP contribution in [0.15, 0.2) is 72.0 Å². The standard InChI is InChI=1S/C25H18Cl2F3N3O4/c1-36-23(35)33(14-18-4-2-3-11-31-18)22(34)16-7-5-15(6-8-16)21-13-24(37-32-21,25(28,29)30)17-9-10-19(26)20(27)12-17/h2-12H,13-14H2,1H3. The van der Waals surface area contributed by atoms with Crippen LogP contribution in [0, 0.1) is 0 Å². The number of aromatic nitrogens is 1. The van der Waals surface area contributed by atoms with Crippen molar-refractivity contribution in [2.24, 2.45) is 5.16 Å². The lowest BCUT2D eigenvalue weighted by Crippen LogP contribution is -2.42. The first-order valence-electron chi connectivity index (χ1n) is 10.7. The van der Waals surface area contributed by atoms with E-state index in [-0.39, 0.29) is 33.4 Å². The van der Waals surface area contributed by atoms with Gasteiger partial charge in [-0.1, -0.05) is 52.6 Å². The highest BCUT2D eigenvalue weighted by Gasteiger charge is 2.62. The second kappa shape index (κ2) is 10.4. The summed E-state index contributed by atoms with van der Waals surface area (Å²) in [4.78, 5) is 35.3. The number of benzene rings is 2. The molecule has 0 fully saturated rings. The van der Waals surface area contributed by atoms with Gasteiger partial charge in [0.25, 0.3) is 11.5 Å². The molecule has 0 aliphatic carbocycles. The predicted molar refractivity (Wildman–Crippen MR) is 129 cm³/mol. The summed E-state index contributed by atoms with van der Waals surface area (Å²) < 4.78 is 47.3. The summed E-state index contributed by atoms with van der Waals surface area (Å²) in [5, 5.41) is 3.76. The summed E-state index contributed by atoms with van der Waals surface area (Å²) in [5.41, 5.74) is -2.12. The van der Waals surface area contributed by atoms with Gasteiger partial charge in [0.15, 0.2) is 0 Å². The smallest absolute Gasteiger partial charge is 0.435 e. The van der Waals surface area contributed by atoms with E-state index in [2.05, 4.69) is 10.1 Å². The summed E-state index contributed by atoms with van der Waals surface area (Å²) in [5.74, 6) is -0.672. The van der Waals surface area contributed by atoms with Crippen molar-refractivity contribution in [3.63, 3.8) is 0 Å². The maximum Gasteiger partial charge on any atom is 0.435 e. The Bertz CT molecular complexity index is 1350. The van der Waals surface area contributed by atoms with Crippen LogP contribution >= 0.6 is 23.2 Å². The van der Waals surface area contributed by atoms with E-state index >= 15 is 0 Å². The summed E-state index contributed by atoms with van der Waals surface area (Å²) in [7, 11) is 1.14. The Labute approximate surface area is 219 Å². The lowest BCUT2D eigenvalue weighted by atomic mass is 9.86. The molecule has 1 aliphatic rings. The zero-order chi connectivity index (χ0) is 26.8. The van der Waals surface area contributed by atoms with Crippen molar-refractivity contribution in [2.45, 2.75) is 24.7 Å². The fourth-order valence-corrected chi connectivity index (χ4v) is 4.05. The Morgan fingerprint density at radius 2 is 1.81 bits per heavy atom. The fraction of sp³-hybridized carbons (Fsp3) is 0.200. The molecule has 0 bridgehead atoms. The van der Waals surface area contributed by atoms with Gasteiger partial charge in [0, 0.05) is 23.7 Å². The summed E-state index contributed by atoms with van der Waals surface area (Å²) >= 11 is 11.8. The van der Waals surface area contributed by atoms with Gasteiger partial charge in [0.05, 0.1) is 35.1 Å². The molecular weight excluding hydrogens is 534 g/mol. The van der Waals surface area contributed by atoms with Crippen LogP contribution in [0.3, 0.4) is 0 Å². The molecule has 2 heterocycles. The number of nitrogens with zero attached hydrogens (tertiary/aromatic N) is 3. The number of imide groups is 1. The highest BCUT2D eigenvalue weighted by atomic mass is 35.5. The van der Waals surface area contributed by atoms with E-state index in [1.807, 2.05) is 0 Å². The number of rotatable bonds is 5. The quantitative estimate of drug-likeness (QED) is 0.367. The first kappa shape index (κ1) is 26.4. The maximum atomic E-state index is 14.2. The van der Waals surface area contributed by atoms with E-state index in [1.54, 1.807) is 18.2 Å². The lowest BCUT2D eigenvalue weighted by molar-refractivity contribution is -0.275. The second-order valence-electron chi connectivity index (χ2n) is 8.02. The van der Waals surface area contributed by atoms with Crippen molar-refractivity contribution in [3.05, 3.63) is 99.3 Å². The van der Waals surface area contributed by atoms with Crippen LogP contribution in [0.5, 0.6) is 0 Å². The molecule has 37 heavy (non-hydrogen) atoms. The third-order valence-electron chi connectivity index (χ3n) is 5.72. The molecule has 1 aliphatic heterocycles. The third kappa shape index (κ3) is 5.26. The van der Waals surface area contributed by atoms with Crippen LogP contribution in [0.25, 0.3) is 0 Å². The van der Waals surface area contributed by atoms with Crippen LogP contribution < -0.4 is 0 Å². The Morgan fingerprint density at radius 1 is 1.08 bits per heavy atom. The molecule has 0 saturated carbocycles. The van der Waals surface area contributed by atoms with E-state index in [0.29, 0.717) is 11.3 Å². The minimum atomic E-state index is -4.82. The molecule has 1 aromatic heterocycles. The summed E-state index contributed by atoms with van der Waals surface area (Å²) in [6.07, 6.45) is -4.81. The molecular formula is C25H18Cl2F3N3O4. The highest BCUT2D eigenvalue weighted by Crippen LogP contribution is 2.49. The summed E-state index contributed by atoms with van der Waals surface area (Å²) in [6, 6.07) is 14.2. The topological polar surface area (TPSA) is 81.1 Å². The van der Waals surface area contributed by atoms with Gasteiger partial charge in [-0.05, 0) is 42.0 Å². The third-order valence-corrected chi connectivity index (χ3v) is 6.46. The van der Waals surface area contributed by atoms with E-state index in [4.69, 9.17) is 32.8 Å². The minimum absolute atomic E-state index is 0.0145. The number of pyridine rings is 1. The van der Waals surface area contributed by atoms with E-state index in [0.717, 1.165) is 18.1 Å². The van der Waals surface area contributed by atoms with Gasteiger partial charge < -0.3 is 9.57 Å². The van der Waals surface area contributed by atoms with Crippen LogP contribution in [0.4, 0.5) is 18.0 Å². The number of amides is 2. The molecule has 7 nitrogen and oxygen atoms in total. The molecule has 1 unspecified atom stereocenters. The monoisotopic (exact) mass is 551 g/mol. The largest absolute Gasteiger partial charge is 0.452 e. The number of methoxy groups -OCH3 is 1. The highest BCUT2D eigenvalue weighted by molar-refractivity contribution is 6.42. The van der Waals surface area contributed by atoms with E-state index in [9.17, 15) is 22.8 Å². The van der Waals surface area contributed by atoms with Crippen LogP contribution in [-0.4, -0.2) is 40.9 Å². The van der Waals surface area contributed by atoms with Crippen LogP contribution in [-0.2, 0) is 21.7 Å². The molecule has 0 radical (unpaired) electrons. The van der Waals surface area contributed by atoms with Crippen molar-refractivity contribution in [1.82, 2.24) is 9.88 Å². The van der Waals surface area contributed by atoms with Gasteiger partial charge >= 0.3 is 12.3 Å². The van der Waals surface area contributed by atoms with E-state index < -0.39 is 30.2 Å². The number of hydrogen-bond acceptors (Lipinski definition) is 6. The molecule has 1 atom stereocenters. The van der Waals surface area contributed by atoms with Crippen molar-refractivity contribution < 1.29 is 32.3 Å². The van der Waals surface area contributed by atoms with Crippen LogP contribution in [0.1, 0.15) is 33.6 Å². The first-order chi connectivity index (χ1) is 17.6. The number of alkyl halides is 3. The molecule has 192 valence electrons. The number of hydrogen-bond donors (Lipinski definition) is 0. The Morgan fingerprint density at radius 3 is 2.41 bits per heavy atom. The zero-order valence-corrected chi connectivity index (χ0v) is 20.6. The Hall–Kier alpha value is -3.63. The Kier molecular flexibility index (Phi) is 7.42. The average molecular weight is 552 g/mol. The SMILES string of the molecule is COC(=O)N(Cc1ccccn1)C(=O)c1ccc(C2=NOC(c3ccc(Cl)c(Cl)c3)(C(F)(F)F)C2)cc1. The lowest BCUT2D eigenvalue weighted by Gasteiger charge is -2.29. The van der Waals surface area contributed by atoms with Gasteiger partial charge in [0.2, 0.25) is 0 Å². The molecule has 2 amide bonds. The molecule has 3 aromatic rings. The first-order valence-corrected chi connectivity index (χ1v) is 11.5. The molecule has 4 rings (SSSR count). The molecule has 0 saturated heterocycles. The number of carbonyl (C=O) groups excluding carboxylic acids is 2. The van der Waals surface area contributed by atoms with Crippen molar-refractivity contribution in [1.29, 1.82) is 0 Å². The molecule has 0 N–H and O–H groups in total. The summed E-state index contributed by atoms with van der Waals surface area (Å²) in [6.45, 7) is -0.133. The number of oxime groups is 1. The van der Waals surface area contributed by atoms with Crippen molar-refractivity contribution >= 4 is 40.9 Å². The van der Waals surface area contributed by atoms with Crippen LogP contribution in [0.2, 0.25) is 10.0 Å². The Balaban J connectivity index is 1.57. The van der Waals surface area contributed by atoms with Gasteiger partial charge in [-0.2, -0.15) is 13.2 Å². The molecule has 0 spiro atoms. The van der Waals surface area contributed by atoms with E-state index in [1.165, 1.54) is 42.6 Å². The number of ether oxygens (including phenoxy) is 1. The zero-order valence-electron chi connectivity index (χ0n) is 19.1. The van der Waals surface area contributed by atoms with Gasteiger partial charge in [-0.25, -0.2) is 9.69 Å². The predicted octanol–water partition coefficient (Wildman–Crippen LogP) is 6.38. The number of carbonyl (C=O) groups is 2. The van der Waals surface area contributed by atoms with Crippen molar-refractivity contribution in [2.75, 3.05) is 7.11 Å². The van der Waals surface area contributed by atoms with Gasteiger partial charge in [-0.3, -0.25) is 9.78 Å².